The highest BCUT2D eigenvalue weighted by Crippen LogP contribution is 2.42. The fourth-order valence-electron chi connectivity index (χ4n) is 2.91. The van der Waals surface area contributed by atoms with Gasteiger partial charge in [0.15, 0.2) is 0 Å². The van der Waals surface area contributed by atoms with Crippen LogP contribution in [0.25, 0.3) is 16.5 Å². The third kappa shape index (κ3) is 1.83. The molecule has 1 heterocycles. The van der Waals surface area contributed by atoms with Crippen molar-refractivity contribution in [1.82, 2.24) is 10.3 Å². The predicted molar refractivity (Wildman–Crippen MR) is 85.6 cm³/mol. The van der Waals surface area contributed by atoms with Crippen LogP contribution in [0.15, 0.2) is 48.2 Å². The molecule has 3 rings (SSSR count). The van der Waals surface area contributed by atoms with Crippen molar-refractivity contribution >= 4 is 16.5 Å². The van der Waals surface area contributed by atoms with Crippen molar-refractivity contribution in [3.8, 4) is 0 Å². The van der Waals surface area contributed by atoms with Crippen LogP contribution in [-0.2, 0) is 5.41 Å². The lowest BCUT2D eigenvalue weighted by atomic mass is 9.72. The number of benzene rings is 1. The van der Waals surface area contributed by atoms with E-state index in [0.717, 1.165) is 11.2 Å². The number of aromatic nitrogens is 1. The molecule has 0 spiro atoms. The van der Waals surface area contributed by atoms with E-state index in [4.69, 9.17) is 4.98 Å². The van der Waals surface area contributed by atoms with E-state index in [9.17, 15) is 0 Å². The summed E-state index contributed by atoms with van der Waals surface area (Å²) in [5.41, 5.74) is 5.98. The maximum absolute atomic E-state index is 4.87. The average molecular weight is 264 g/mol. The summed E-state index contributed by atoms with van der Waals surface area (Å²) in [7, 11) is 1.94. The zero-order valence-electron chi connectivity index (χ0n) is 12.5. The van der Waals surface area contributed by atoms with E-state index in [1.54, 1.807) is 0 Å². The maximum Gasteiger partial charge on any atom is 0.0709 e. The number of hydrogen-bond acceptors (Lipinski definition) is 2. The Hall–Kier alpha value is -2.09. The first-order valence-corrected chi connectivity index (χ1v) is 7.01. The molecule has 1 aliphatic rings. The molecule has 1 aromatic carbocycles. The van der Waals surface area contributed by atoms with Gasteiger partial charge in [0.1, 0.15) is 0 Å². The molecule has 0 amide bonds. The van der Waals surface area contributed by atoms with Gasteiger partial charge in [-0.05, 0) is 35.8 Å². The first-order valence-electron chi connectivity index (χ1n) is 7.01. The molecule has 2 nitrogen and oxygen atoms in total. The summed E-state index contributed by atoms with van der Waals surface area (Å²) in [6, 6.07) is 10.6. The number of nitrogens with zero attached hydrogens (tertiary/aromatic N) is 1. The molecule has 0 fully saturated rings. The minimum atomic E-state index is -0.0329. The Labute approximate surface area is 120 Å². The minimum absolute atomic E-state index is 0.0329. The lowest BCUT2D eigenvalue weighted by Gasteiger charge is -2.33. The molecule has 0 aliphatic heterocycles. The second kappa shape index (κ2) is 4.48. The van der Waals surface area contributed by atoms with Gasteiger partial charge in [-0.1, -0.05) is 38.1 Å². The molecule has 20 heavy (non-hydrogen) atoms. The van der Waals surface area contributed by atoms with Gasteiger partial charge in [0.05, 0.1) is 11.2 Å². The van der Waals surface area contributed by atoms with Crippen LogP contribution in [0.2, 0.25) is 0 Å². The molecule has 1 aliphatic carbocycles. The summed E-state index contributed by atoms with van der Waals surface area (Å²) < 4.78 is 0. The van der Waals surface area contributed by atoms with Crippen LogP contribution in [0.3, 0.4) is 0 Å². The van der Waals surface area contributed by atoms with Crippen LogP contribution < -0.4 is 5.32 Å². The molecule has 102 valence electrons. The van der Waals surface area contributed by atoms with Crippen molar-refractivity contribution in [2.24, 2.45) is 0 Å². The second-order valence-electron chi connectivity index (χ2n) is 5.92. The standard InChI is InChI=1S/C18H20N2/c1-12-9-14(11-19-4)18(2,3)15-10-13-7-5-6-8-16(13)20-17(12)15/h5-11,19H,1-4H3/b14-11+. The van der Waals surface area contributed by atoms with Crippen LogP contribution in [0, 0.1) is 0 Å². The van der Waals surface area contributed by atoms with Gasteiger partial charge in [-0.15, -0.1) is 0 Å². The number of nitrogens with one attached hydrogen (secondary N) is 1. The smallest absolute Gasteiger partial charge is 0.0709 e. The summed E-state index contributed by atoms with van der Waals surface area (Å²) >= 11 is 0. The zero-order chi connectivity index (χ0) is 14.3. The Bertz CT molecular complexity index is 736. The SMILES string of the molecule is CN/C=C1\C=C(C)c2nc3ccccc3cc2C1(C)C. The molecule has 1 N–H and O–H groups in total. The first-order chi connectivity index (χ1) is 9.54. The molecule has 2 heteroatoms. The average Bonchev–Trinajstić information content (AvgIpc) is 2.44. The van der Waals surface area contributed by atoms with Gasteiger partial charge < -0.3 is 5.32 Å². The Kier molecular flexibility index (Phi) is 2.89. The van der Waals surface area contributed by atoms with Crippen molar-refractivity contribution in [3.05, 3.63) is 59.4 Å². The topological polar surface area (TPSA) is 24.9 Å². The first kappa shape index (κ1) is 12.9. The van der Waals surface area contributed by atoms with Crippen molar-refractivity contribution in [2.75, 3.05) is 7.05 Å². The summed E-state index contributed by atoms with van der Waals surface area (Å²) in [6.07, 6.45) is 4.32. The van der Waals surface area contributed by atoms with E-state index in [-0.39, 0.29) is 5.41 Å². The largest absolute Gasteiger partial charge is 0.394 e. The number of fused-ring (bicyclic) bond motifs is 2. The second-order valence-corrected chi connectivity index (χ2v) is 5.92. The van der Waals surface area contributed by atoms with E-state index < -0.39 is 0 Å². The van der Waals surface area contributed by atoms with Gasteiger partial charge in [0.2, 0.25) is 0 Å². The fourth-order valence-corrected chi connectivity index (χ4v) is 2.91. The molecular formula is C18H20N2. The highest BCUT2D eigenvalue weighted by Gasteiger charge is 2.32. The molecular weight excluding hydrogens is 244 g/mol. The Morgan fingerprint density at radius 2 is 1.95 bits per heavy atom. The lowest BCUT2D eigenvalue weighted by Crippen LogP contribution is -2.26. The minimum Gasteiger partial charge on any atom is -0.394 e. The van der Waals surface area contributed by atoms with Gasteiger partial charge in [0.25, 0.3) is 0 Å². The fraction of sp³-hybridized carbons (Fsp3) is 0.278. The van der Waals surface area contributed by atoms with Crippen LogP contribution >= 0.6 is 0 Å². The number of pyridine rings is 1. The highest BCUT2D eigenvalue weighted by molar-refractivity contribution is 5.85. The van der Waals surface area contributed by atoms with E-state index in [2.05, 4.69) is 62.6 Å². The molecule has 0 radical (unpaired) electrons. The lowest BCUT2D eigenvalue weighted by molar-refractivity contribution is 0.624. The summed E-state index contributed by atoms with van der Waals surface area (Å²) in [4.78, 5) is 4.87. The Morgan fingerprint density at radius 1 is 1.20 bits per heavy atom. The monoisotopic (exact) mass is 264 g/mol. The predicted octanol–water partition coefficient (Wildman–Crippen LogP) is 4.03. The number of rotatable bonds is 1. The van der Waals surface area contributed by atoms with Crippen molar-refractivity contribution in [3.63, 3.8) is 0 Å². The number of allylic oxidation sites excluding steroid dienone is 3. The number of para-hydroxylation sites is 1. The zero-order valence-corrected chi connectivity index (χ0v) is 12.5. The van der Waals surface area contributed by atoms with Crippen LogP contribution in [-0.4, -0.2) is 12.0 Å². The van der Waals surface area contributed by atoms with Gasteiger partial charge in [-0.25, -0.2) is 4.98 Å². The molecule has 2 aromatic rings. The van der Waals surface area contributed by atoms with Gasteiger partial charge >= 0.3 is 0 Å². The van der Waals surface area contributed by atoms with Crippen LogP contribution in [0.4, 0.5) is 0 Å². The molecule has 0 saturated heterocycles. The number of hydrogen-bond donors (Lipinski definition) is 1. The van der Waals surface area contributed by atoms with Crippen LogP contribution in [0.5, 0.6) is 0 Å². The van der Waals surface area contributed by atoms with E-state index in [1.165, 1.54) is 22.1 Å². The van der Waals surface area contributed by atoms with Gasteiger partial charge in [-0.2, -0.15) is 0 Å². The third-order valence-corrected chi connectivity index (χ3v) is 4.16. The molecule has 0 bridgehead atoms. The van der Waals surface area contributed by atoms with Crippen molar-refractivity contribution in [1.29, 1.82) is 0 Å². The molecule has 0 unspecified atom stereocenters. The summed E-state index contributed by atoms with van der Waals surface area (Å²) in [5.74, 6) is 0. The van der Waals surface area contributed by atoms with Crippen molar-refractivity contribution < 1.29 is 0 Å². The normalized spacial score (nSPS) is 18.8. The van der Waals surface area contributed by atoms with Crippen molar-refractivity contribution in [2.45, 2.75) is 26.2 Å². The van der Waals surface area contributed by atoms with E-state index >= 15 is 0 Å². The van der Waals surface area contributed by atoms with Gasteiger partial charge in [0, 0.05) is 24.0 Å². The summed E-state index contributed by atoms with van der Waals surface area (Å²) in [5, 5.41) is 4.36. The quantitative estimate of drug-likeness (QED) is 0.841. The maximum atomic E-state index is 4.87. The Balaban J connectivity index is 2.33. The van der Waals surface area contributed by atoms with E-state index in [1.807, 2.05) is 13.1 Å². The molecule has 0 saturated carbocycles. The summed E-state index contributed by atoms with van der Waals surface area (Å²) in [6.45, 7) is 6.65. The third-order valence-electron chi connectivity index (χ3n) is 4.16. The molecule has 1 aromatic heterocycles. The molecule has 0 atom stereocenters. The van der Waals surface area contributed by atoms with Gasteiger partial charge in [-0.3, -0.25) is 0 Å². The van der Waals surface area contributed by atoms with Crippen LogP contribution in [0.1, 0.15) is 32.0 Å². The Morgan fingerprint density at radius 3 is 2.70 bits per heavy atom. The van der Waals surface area contributed by atoms with E-state index in [0.29, 0.717) is 0 Å². The highest BCUT2D eigenvalue weighted by atomic mass is 14.8.